The van der Waals surface area contributed by atoms with Crippen LogP contribution in [0, 0.1) is 26.6 Å². The van der Waals surface area contributed by atoms with E-state index in [1.54, 1.807) is 24.5 Å². The second-order valence-corrected chi connectivity index (χ2v) is 8.70. The second-order valence-electron chi connectivity index (χ2n) is 8.27. The summed E-state index contributed by atoms with van der Waals surface area (Å²) < 4.78 is 20.9. The topological polar surface area (TPSA) is 86.6 Å². The van der Waals surface area contributed by atoms with Crippen molar-refractivity contribution >= 4 is 22.8 Å². The van der Waals surface area contributed by atoms with E-state index in [9.17, 15) is 4.39 Å². The van der Waals surface area contributed by atoms with Gasteiger partial charge in [-0.3, -0.25) is 0 Å². The molecule has 7 nitrogen and oxygen atoms in total. The SMILES string of the molecule is Cc1ncc(C2CC(c3nc(-c4ccc(Cl)cc4F)c4nc(C)c(C)nc4n3)CCO2)cn1. The molecular formula is C24H22ClFN6O. The van der Waals surface area contributed by atoms with Gasteiger partial charge in [0, 0.05) is 41.1 Å². The molecule has 1 aliphatic heterocycles. The molecule has 0 spiro atoms. The van der Waals surface area contributed by atoms with Crippen LogP contribution in [-0.4, -0.2) is 36.5 Å². The molecule has 0 aliphatic carbocycles. The Hall–Kier alpha value is -3.10. The van der Waals surface area contributed by atoms with E-state index in [-0.39, 0.29) is 12.0 Å². The summed E-state index contributed by atoms with van der Waals surface area (Å²) in [4.78, 5) is 27.4. The zero-order chi connectivity index (χ0) is 23.1. The number of hydrogen-bond acceptors (Lipinski definition) is 7. The van der Waals surface area contributed by atoms with Crippen LogP contribution in [0.5, 0.6) is 0 Å². The number of nitrogens with zero attached hydrogens (tertiary/aromatic N) is 6. The molecule has 0 amide bonds. The highest BCUT2D eigenvalue weighted by atomic mass is 35.5. The van der Waals surface area contributed by atoms with Gasteiger partial charge in [0.05, 0.1) is 17.5 Å². The average Bonchev–Trinajstić information content (AvgIpc) is 2.80. The predicted molar refractivity (Wildman–Crippen MR) is 122 cm³/mol. The standard InChI is InChI=1S/C24H22ClFN6O/c1-12-13(2)30-24-22(29-12)21(18-5-4-17(25)9-19(18)26)31-23(32-24)15-6-7-33-20(8-15)16-10-27-14(3)28-11-16/h4-5,9-11,15,20H,6-8H2,1-3H3. The lowest BCUT2D eigenvalue weighted by Gasteiger charge is -2.29. The molecule has 0 saturated carbocycles. The predicted octanol–water partition coefficient (Wildman–Crippen LogP) is 5.23. The summed E-state index contributed by atoms with van der Waals surface area (Å²) in [6.07, 6.45) is 4.84. The number of aryl methyl sites for hydroxylation is 3. The lowest BCUT2D eigenvalue weighted by molar-refractivity contribution is 0.00360. The molecule has 9 heteroatoms. The van der Waals surface area contributed by atoms with Crippen molar-refractivity contribution in [2.45, 2.75) is 45.6 Å². The number of hydrogen-bond donors (Lipinski definition) is 0. The van der Waals surface area contributed by atoms with E-state index >= 15 is 0 Å². The van der Waals surface area contributed by atoms with Crippen LogP contribution in [0.4, 0.5) is 4.39 Å². The van der Waals surface area contributed by atoms with Gasteiger partial charge in [-0.2, -0.15) is 0 Å². The number of aromatic nitrogens is 6. The minimum Gasteiger partial charge on any atom is -0.373 e. The Labute approximate surface area is 195 Å². The minimum absolute atomic E-state index is 0.00646. The summed E-state index contributed by atoms with van der Waals surface area (Å²) in [5.41, 5.74) is 4.10. The van der Waals surface area contributed by atoms with Gasteiger partial charge in [-0.1, -0.05) is 11.6 Å². The Morgan fingerprint density at radius 3 is 2.52 bits per heavy atom. The van der Waals surface area contributed by atoms with Crippen LogP contribution in [-0.2, 0) is 4.74 Å². The third-order valence-electron chi connectivity index (χ3n) is 5.97. The van der Waals surface area contributed by atoms with Gasteiger partial charge in [0.25, 0.3) is 0 Å². The van der Waals surface area contributed by atoms with Crippen molar-refractivity contribution in [1.82, 2.24) is 29.9 Å². The number of halogens is 2. The van der Waals surface area contributed by atoms with E-state index in [0.717, 1.165) is 23.4 Å². The molecule has 33 heavy (non-hydrogen) atoms. The van der Waals surface area contributed by atoms with E-state index in [4.69, 9.17) is 26.3 Å². The van der Waals surface area contributed by atoms with Gasteiger partial charge in [-0.05, 0) is 51.8 Å². The van der Waals surface area contributed by atoms with Crippen molar-refractivity contribution in [3.8, 4) is 11.3 Å². The van der Waals surface area contributed by atoms with E-state index < -0.39 is 5.82 Å². The molecule has 5 rings (SSSR count). The summed E-state index contributed by atoms with van der Waals surface area (Å²) in [5, 5.41) is 0.320. The highest BCUT2D eigenvalue weighted by Gasteiger charge is 2.29. The molecular weight excluding hydrogens is 443 g/mol. The lowest BCUT2D eigenvalue weighted by atomic mass is 9.92. The van der Waals surface area contributed by atoms with E-state index in [1.165, 1.54) is 6.07 Å². The monoisotopic (exact) mass is 464 g/mol. The van der Waals surface area contributed by atoms with Crippen LogP contribution >= 0.6 is 11.6 Å². The van der Waals surface area contributed by atoms with Gasteiger partial charge in [0.2, 0.25) is 0 Å². The minimum atomic E-state index is -0.463. The van der Waals surface area contributed by atoms with Crippen molar-refractivity contribution < 1.29 is 9.13 Å². The smallest absolute Gasteiger partial charge is 0.182 e. The molecule has 1 aromatic carbocycles. The average molecular weight is 465 g/mol. The first kappa shape index (κ1) is 21.7. The van der Waals surface area contributed by atoms with Crippen LogP contribution in [0.25, 0.3) is 22.4 Å². The number of rotatable bonds is 3. The fraction of sp³-hybridized carbons (Fsp3) is 0.333. The molecule has 1 saturated heterocycles. The van der Waals surface area contributed by atoms with Crippen LogP contribution < -0.4 is 0 Å². The van der Waals surface area contributed by atoms with Gasteiger partial charge in [-0.25, -0.2) is 34.3 Å². The van der Waals surface area contributed by atoms with E-state index in [2.05, 4.69) is 19.9 Å². The third-order valence-corrected chi connectivity index (χ3v) is 6.20. The molecule has 2 unspecified atom stereocenters. The number of fused-ring (bicyclic) bond motifs is 1. The summed E-state index contributed by atoms with van der Waals surface area (Å²) in [6, 6.07) is 4.54. The molecule has 0 N–H and O–H groups in total. The van der Waals surface area contributed by atoms with Crippen molar-refractivity contribution in [1.29, 1.82) is 0 Å². The van der Waals surface area contributed by atoms with Crippen molar-refractivity contribution in [2.75, 3.05) is 6.61 Å². The normalized spacial score (nSPS) is 18.6. The summed E-state index contributed by atoms with van der Waals surface area (Å²) in [7, 11) is 0. The molecule has 4 aromatic rings. The zero-order valence-corrected chi connectivity index (χ0v) is 19.3. The molecule has 3 aromatic heterocycles. The van der Waals surface area contributed by atoms with Crippen molar-refractivity contribution in [3.05, 3.63) is 70.0 Å². The second kappa shape index (κ2) is 8.68. The molecule has 1 aliphatic rings. The molecule has 0 bridgehead atoms. The van der Waals surface area contributed by atoms with Gasteiger partial charge in [-0.15, -0.1) is 0 Å². The first-order valence-corrected chi connectivity index (χ1v) is 11.2. The largest absolute Gasteiger partial charge is 0.373 e. The first-order chi connectivity index (χ1) is 15.9. The quantitative estimate of drug-likeness (QED) is 0.410. The van der Waals surface area contributed by atoms with Crippen LogP contribution in [0.3, 0.4) is 0 Å². The van der Waals surface area contributed by atoms with E-state index in [0.29, 0.717) is 52.1 Å². The van der Waals surface area contributed by atoms with Gasteiger partial charge in [0.15, 0.2) is 5.65 Å². The Bertz CT molecular complexity index is 1350. The Kier molecular flexibility index (Phi) is 5.72. The van der Waals surface area contributed by atoms with Crippen LogP contribution in [0.1, 0.15) is 53.5 Å². The Morgan fingerprint density at radius 1 is 1.00 bits per heavy atom. The summed E-state index contributed by atoms with van der Waals surface area (Å²) in [6.45, 7) is 6.14. The maximum absolute atomic E-state index is 14.9. The molecule has 168 valence electrons. The molecule has 4 heterocycles. The first-order valence-electron chi connectivity index (χ1n) is 10.8. The van der Waals surface area contributed by atoms with E-state index in [1.807, 2.05) is 20.8 Å². The molecule has 1 fully saturated rings. The summed E-state index contributed by atoms with van der Waals surface area (Å²) in [5.74, 6) is 0.857. The highest BCUT2D eigenvalue weighted by Crippen LogP contribution is 2.38. The highest BCUT2D eigenvalue weighted by molar-refractivity contribution is 6.30. The van der Waals surface area contributed by atoms with Crippen molar-refractivity contribution in [3.63, 3.8) is 0 Å². The summed E-state index contributed by atoms with van der Waals surface area (Å²) >= 11 is 5.98. The van der Waals surface area contributed by atoms with Crippen LogP contribution in [0.2, 0.25) is 5.02 Å². The van der Waals surface area contributed by atoms with Gasteiger partial charge in [0.1, 0.15) is 28.7 Å². The number of benzene rings is 1. The maximum Gasteiger partial charge on any atom is 0.182 e. The third kappa shape index (κ3) is 4.28. The maximum atomic E-state index is 14.9. The van der Waals surface area contributed by atoms with Gasteiger partial charge >= 0.3 is 0 Å². The fourth-order valence-electron chi connectivity index (χ4n) is 4.01. The van der Waals surface area contributed by atoms with Gasteiger partial charge < -0.3 is 4.74 Å². The number of ether oxygens (including phenoxy) is 1. The molecule has 0 radical (unpaired) electrons. The Morgan fingerprint density at radius 2 is 1.76 bits per heavy atom. The van der Waals surface area contributed by atoms with Crippen molar-refractivity contribution in [2.24, 2.45) is 0 Å². The molecule has 2 atom stereocenters. The Balaban J connectivity index is 1.61. The lowest BCUT2D eigenvalue weighted by Crippen LogP contribution is -2.21. The van der Waals surface area contributed by atoms with Crippen LogP contribution in [0.15, 0.2) is 30.6 Å². The fourth-order valence-corrected chi connectivity index (χ4v) is 4.17. The zero-order valence-electron chi connectivity index (χ0n) is 18.5.